The molecule has 1 aliphatic heterocycles. The van der Waals surface area contributed by atoms with Crippen LogP contribution in [0.3, 0.4) is 0 Å². The summed E-state index contributed by atoms with van der Waals surface area (Å²) < 4.78 is 13.0. The lowest BCUT2D eigenvalue weighted by molar-refractivity contribution is 0.0500. The molecule has 0 radical (unpaired) electrons. The SMILES string of the molecule is Cn1c(-c2ccc(N3CCOCC3)cc2)cnc1C(Cc1ccccn1)NC(=O)OC(C)(C)C. The second-order valence-electron chi connectivity index (χ2n) is 9.43. The monoisotopic (exact) mass is 463 g/mol. The van der Waals surface area contributed by atoms with Crippen LogP contribution in [0.4, 0.5) is 10.5 Å². The molecule has 0 spiro atoms. The largest absolute Gasteiger partial charge is 0.444 e. The summed E-state index contributed by atoms with van der Waals surface area (Å²) in [5.41, 5.74) is 3.50. The van der Waals surface area contributed by atoms with Gasteiger partial charge in [-0.25, -0.2) is 9.78 Å². The minimum atomic E-state index is -0.589. The highest BCUT2D eigenvalue weighted by molar-refractivity contribution is 5.68. The van der Waals surface area contributed by atoms with Crippen LogP contribution < -0.4 is 10.2 Å². The summed E-state index contributed by atoms with van der Waals surface area (Å²) in [4.78, 5) is 24.1. The van der Waals surface area contributed by atoms with Crippen LogP contribution >= 0.6 is 0 Å². The summed E-state index contributed by atoms with van der Waals surface area (Å²) in [6, 6.07) is 13.9. The van der Waals surface area contributed by atoms with E-state index >= 15 is 0 Å². The number of hydrogen-bond acceptors (Lipinski definition) is 6. The van der Waals surface area contributed by atoms with Gasteiger partial charge < -0.3 is 24.3 Å². The third-order valence-electron chi connectivity index (χ3n) is 5.71. The van der Waals surface area contributed by atoms with Crippen LogP contribution in [0, 0.1) is 0 Å². The molecule has 1 saturated heterocycles. The van der Waals surface area contributed by atoms with E-state index in [1.165, 1.54) is 5.69 Å². The number of imidazole rings is 1. The normalized spacial score (nSPS) is 15.1. The number of ether oxygens (including phenoxy) is 2. The summed E-state index contributed by atoms with van der Waals surface area (Å²) in [6.07, 6.45) is 3.62. The van der Waals surface area contributed by atoms with Gasteiger partial charge in [0.2, 0.25) is 0 Å². The van der Waals surface area contributed by atoms with Gasteiger partial charge in [0.05, 0.1) is 31.1 Å². The average molecular weight is 464 g/mol. The van der Waals surface area contributed by atoms with Crippen LogP contribution in [0.1, 0.15) is 38.3 Å². The van der Waals surface area contributed by atoms with E-state index in [4.69, 9.17) is 9.47 Å². The summed E-state index contributed by atoms with van der Waals surface area (Å²) in [5.74, 6) is 0.740. The van der Waals surface area contributed by atoms with E-state index < -0.39 is 17.7 Å². The van der Waals surface area contributed by atoms with Gasteiger partial charge in [0.15, 0.2) is 0 Å². The molecule has 1 amide bonds. The number of anilines is 1. The van der Waals surface area contributed by atoms with E-state index in [-0.39, 0.29) is 0 Å². The molecule has 0 saturated carbocycles. The summed E-state index contributed by atoms with van der Waals surface area (Å²) >= 11 is 0. The molecule has 4 rings (SSSR count). The van der Waals surface area contributed by atoms with Crippen molar-refractivity contribution >= 4 is 11.8 Å². The number of nitrogens with one attached hydrogen (secondary N) is 1. The number of pyridine rings is 1. The minimum Gasteiger partial charge on any atom is -0.444 e. The molecule has 0 bridgehead atoms. The van der Waals surface area contributed by atoms with Gasteiger partial charge >= 0.3 is 6.09 Å². The lowest BCUT2D eigenvalue weighted by atomic mass is 10.1. The Morgan fingerprint density at radius 3 is 2.50 bits per heavy atom. The standard InChI is InChI=1S/C26H33N5O3/c1-26(2,3)34-25(32)29-22(17-20-7-5-6-12-27-20)24-28-18-23(30(24)4)19-8-10-21(11-9-19)31-13-15-33-16-14-31/h5-12,18,22H,13-17H2,1-4H3,(H,29,32). The number of carbonyl (C=O) groups is 1. The fraction of sp³-hybridized carbons (Fsp3) is 0.423. The molecule has 1 unspecified atom stereocenters. The van der Waals surface area contributed by atoms with E-state index in [9.17, 15) is 4.79 Å². The van der Waals surface area contributed by atoms with Crippen molar-refractivity contribution in [2.75, 3.05) is 31.2 Å². The molecule has 3 aromatic rings. The fourth-order valence-electron chi connectivity index (χ4n) is 4.07. The average Bonchev–Trinajstić information content (AvgIpc) is 3.20. The lowest BCUT2D eigenvalue weighted by Gasteiger charge is -2.29. The van der Waals surface area contributed by atoms with Gasteiger partial charge in [-0.15, -0.1) is 0 Å². The number of hydrogen-bond donors (Lipinski definition) is 1. The number of nitrogens with zero attached hydrogens (tertiary/aromatic N) is 4. The predicted molar refractivity (Wildman–Crippen MR) is 132 cm³/mol. The molecule has 1 atom stereocenters. The smallest absolute Gasteiger partial charge is 0.408 e. The first-order chi connectivity index (χ1) is 16.3. The molecule has 1 aliphatic rings. The number of carbonyl (C=O) groups excluding carboxylic acids is 1. The molecule has 2 aromatic heterocycles. The first-order valence-electron chi connectivity index (χ1n) is 11.6. The Hall–Kier alpha value is -3.39. The maximum Gasteiger partial charge on any atom is 0.408 e. The highest BCUT2D eigenvalue weighted by Crippen LogP contribution is 2.27. The second-order valence-corrected chi connectivity index (χ2v) is 9.43. The summed E-state index contributed by atoms with van der Waals surface area (Å²) in [7, 11) is 1.97. The van der Waals surface area contributed by atoms with E-state index in [1.807, 2.05) is 56.8 Å². The van der Waals surface area contributed by atoms with Crippen molar-refractivity contribution in [3.05, 3.63) is 66.4 Å². The van der Waals surface area contributed by atoms with Gasteiger partial charge in [-0.1, -0.05) is 18.2 Å². The van der Waals surface area contributed by atoms with Gasteiger partial charge in [-0.05, 0) is 50.6 Å². The van der Waals surface area contributed by atoms with Gasteiger partial charge in [0.1, 0.15) is 11.4 Å². The fourth-order valence-corrected chi connectivity index (χ4v) is 4.07. The minimum absolute atomic E-state index is 0.392. The zero-order valence-corrected chi connectivity index (χ0v) is 20.3. The van der Waals surface area contributed by atoms with Gasteiger partial charge in [0, 0.05) is 44.1 Å². The second kappa shape index (κ2) is 10.3. The Balaban J connectivity index is 1.57. The molecule has 180 valence electrons. The number of aromatic nitrogens is 3. The molecule has 0 aliphatic carbocycles. The third kappa shape index (κ3) is 5.94. The molecule has 1 N–H and O–H groups in total. The highest BCUT2D eigenvalue weighted by atomic mass is 16.6. The van der Waals surface area contributed by atoms with Crippen LogP contribution in [0.5, 0.6) is 0 Å². The van der Waals surface area contributed by atoms with E-state index in [0.29, 0.717) is 6.42 Å². The van der Waals surface area contributed by atoms with Crippen LogP contribution in [-0.2, 0) is 22.9 Å². The van der Waals surface area contributed by atoms with Crippen molar-refractivity contribution < 1.29 is 14.3 Å². The Labute approximate surface area is 200 Å². The van der Waals surface area contributed by atoms with E-state index in [0.717, 1.165) is 49.1 Å². The quantitative estimate of drug-likeness (QED) is 0.592. The summed E-state index contributed by atoms with van der Waals surface area (Å²) in [6.45, 7) is 8.87. The molecule has 8 nitrogen and oxygen atoms in total. The number of amides is 1. The highest BCUT2D eigenvalue weighted by Gasteiger charge is 2.25. The summed E-state index contributed by atoms with van der Waals surface area (Å²) in [5, 5.41) is 2.99. The van der Waals surface area contributed by atoms with Crippen molar-refractivity contribution in [2.45, 2.75) is 38.8 Å². The van der Waals surface area contributed by atoms with Crippen molar-refractivity contribution in [2.24, 2.45) is 7.05 Å². The van der Waals surface area contributed by atoms with Crippen LogP contribution in [0.25, 0.3) is 11.3 Å². The van der Waals surface area contributed by atoms with E-state index in [1.54, 1.807) is 6.20 Å². The molecule has 3 heterocycles. The zero-order valence-electron chi connectivity index (χ0n) is 20.3. The van der Waals surface area contributed by atoms with Gasteiger partial charge in [0.25, 0.3) is 0 Å². The molecule has 1 fully saturated rings. The Morgan fingerprint density at radius 2 is 1.85 bits per heavy atom. The number of morpholine rings is 1. The Bertz CT molecular complexity index is 1080. The van der Waals surface area contributed by atoms with E-state index in [2.05, 4.69) is 44.5 Å². The molecule has 1 aromatic carbocycles. The lowest BCUT2D eigenvalue weighted by Crippen LogP contribution is -2.36. The maximum absolute atomic E-state index is 12.6. The molecule has 34 heavy (non-hydrogen) atoms. The van der Waals surface area contributed by atoms with Crippen molar-refractivity contribution in [1.82, 2.24) is 19.9 Å². The van der Waals surface area contributed by atoms with Gasteiger partial charge in [-0.3, -0.25) is 4.98 Å². The Morgan fingerprint density at radius 1 is 1.12 bits per heavy atom. The van der Waals surface area contributed by atoms with Crippen molar-refractivity contribution in [3.63, 3.8) is 0 Å². The number of alkyl carbamates (subject to hydrolysis) is 1. The Kier molecular flexibility index (Phi) is 7.17. The van der Waals surface area contributed by atoms with Crippen molar-refractivity contribution in [3.8, 4) is 11.3 Å². The van der Waals surface area contributed by atoms with Gasteiger partial charge in [-0.2, -0.15) is 0 Å². The topological polar surface area (TPSA) is 81.5 Å². The van der Waals surface area contributed by atoms with Crippen LogP contribution in [0.15, 0.2) is 54.9 Å². The predicted octanol–water partition coefficient (Wildman–Crippen LogP) is 4.13. The molecule has 8 heteroatoms. The third-order valence-corrected chi connectivity index (χ3v) is 5.71. The van der Waals surface area contributed by atoms with Crippen LogP contribution in [-0.4, -0.2) is 52.5 Å². The van der Waals surface area contributed by atoms with Crippen molar-refractivity contribution in [1.29, 1.82) is 0 Å². The number of rotatable bonds is 6. The van der Waals surface area contributed by atoms with Crippen LogP contribution in [0.2, 0.25) is 0 Å². The molecular weight excluding hydrogens is 430 g/mol. The first-order valence-corrected chi connectivity index (χ1v) is 11.6. The zero-order chi connectivity index (χ0) is 24.1. The maximum atomic E-state index is 12.6. The first kappa shape index (κ1) is 23.8. The molecular formula is C26H33N5O3. The number of benzene rings is 1.